The van der Waals surface area contributed by atoms with Crippen molar-refractivity contribution in [2.45, 2.75) is 43.9 Å². The van der Waals surface area contributed by atoms with Crippen LogP contribution in [0.15, 0.2) is 30.9 Å². The van der Waals surface area contributed by atoms with Gasteiger partial charge in [0.05, 0.1) is 25.0 Å². The van der Waals surface area contributed by atoms with Gasteiger partial charge in [-0.05, 0) is 36.6 Å². The van der Waals surface area contributed by atoms with Gasteiger partial charge in [0.1, 0.15) is 29.8 Å². The van der Waals surface area contributed by atoms with Gasteiger partial charge in [-0.3, -0.25) is 9.36 Å². The largest absolute Gasteiger partial charge is 0.508 e. The van der Waals surface area contributed by atoms with E-state index < -0.39 is 43.0 Å². The predicted molar refractivity (Wildman–Crippen MR) is 113 cm³/mol. The predicted octanol–water partition coefficient (Wildman–Crippen LogP) is -1.27. The summed E-state index contributed by atoms with van der Waals surface area (Å²) in [6, 6.07) is 2.99. The zero-order valence-electron chi connectivity index (χ0n) is 17.3. The van der Waals surface area contributed by atoms with Crippen molar-refractivity contribution in [3.05, 3.63) is 42.0 Å². The number of carbonyl (C=O) groups excluding carboxylic acids is 1. The summed E-state index contributed by atoms with van der Waals surface area (Å²) < 4.78 is 7.28. The quantitative estimate of drug-likeness (QED) is 0.267. The third kappa shape index (κ3) is 3.96. The smallest absolute Gasteiger partial charge is 0.237 e. The van der Waals surface area contributed by atoms with Gasteiger partial charge in [-0.1, -0.05) is 6.07 Å². The maximum atomic E-state index is 12.7. The lowest BCUT2D eigenvalue weighted by molar-refractivity contribution is -0.124. The minimum atomic E-state index is -1.22. The summed E-state index contributed by atoms with van der Waals surface area (Å²) in [6.07, 6.45) is -0.152. The number of aliphatic hydroxyl groups is 2. The number of aromatic hydroxyl groups is 1. The first-order valence-corrected chi connectivity index (χ1v) is 10.0. The number of amides is 1. The van der Waals surface area contributed by atoms with E-state index in [1.165, 1.54) is 23.3 Å². The lowest BCUT2D eigenvalue weighted by Crippen LogP contribution is -2.53. The van der Waals surface area contributed by atoms with E-state index >= 15 is 0 Å². The second-order valence-corrected chi connectivity index (χ2v) is 7.78. The number of imidazole rings is 1. The molecule has 32 heavy (non-hydrogen) atoms. The van der Waals surface area contributed by atoms with E-state index in [-0.39, 0.29) is 18.0 Å². The maximum absolute atomic E-state index is 12.7. The molecule has 1 saturated heterocycles. The fourth-order valence-corrected chi connectivity index (χ4v) is 3.87. The van der Waals surface area contributed by atoms with Crippen LogP contribution in [0.1, 0.15) is 17.4 Å². The van der Waals surface area contributed by atoms with Gasteiger partial charge in [0.25, 0.3) is 0 Å². The number of ether oxygens (including phenoxy) is 1. The van der Waals surface area contributed by atoms with Crippen molar-refractivity contribution in [2.24, 2.45) is 5.73 Å². The number of aryl methyl sites for hydroxylation is 1. The minimum Gasteiger partial charge on any atom is -0.508 e. The summed E-state index contributed by atoms with van der Waals surface area (Å²) in [7, 11) is 0. The second-order valence-electron chi connectivity index (χ2n) is 7.78. The Balaban J connectivity index is 1.50. The Morgan fingerprint density at radius 2 is 2.12 bits per heavy atom. The first-order valence-electron chi connectivity index (χ1n) is 10.0. The lowest BCUT2D eigenvalue weighted by atomic mass is 10.00. The first kappa shape index (κ1) is 21.9. The van der Waals surface area contributed by atoms with Crippen LogP contribution in [0.25, 0.3) is 11.2 Å². The van der Waals surface area contributed by atoms with Crippen molar-refractivity contribution in [1.82, 2.24) is 24.8 Å². The molecule has 3 aromatic rings. The highest BCUT2D eigenvalue weighted by Gasteiger charge is 2.46. The Kier molecular flexibility index (Phi) is 5.93. The fourth-order valence-electron chi connectivity index (χ4n) is 3.87. The molecule has 1 aliphatic rings. The molecule has 5 atom stereocenters. The number of phenols is 1. The summed E-state index contributed by atoms with van der Waals surface area (Å²) in [6.45, 7) is 1.38. The molecule has 12 heteroatoms. The number of rotatable bonds is 6. The summed E-state index contributed by atoms with van der Waals surface area (Å²) >= 11 is 0. The van der Waals surface area contributed by atoms with Crippen molar-refractivity contribution >= 4 is 22.9 Å². The summed E-state index contributed by atoms with van der Waals surface area (Å²) in [4.78, 5) is 24.9. The maximum Gasteiger partial charge on any atom is 0.237 e. The van der Waals surface area contributed by atoms with Crippen LogP contribution in [0.3, 0.4) is 0 Å². The van der Waals surface area contributed by atoms with Crippen molar-refractivity contribution in [3.63, 3.8) is 0 Å². The van der Waals surface area contributed by atoms with Crippen molar-refractivity contribution in [2.75, 3.05) is 12.3 Å². The number of hydrogen-bond donors (Lipinski definition) is 6. The molecule has 2 aromatic heterocycles. The zero-order chi connectivity index (χ0) is 23.0. The fraction of sp³-hybridized carbons (Fsp3) is 0.400. The standard InChI is InChI=1S/C20H25N7O5/c1-9-4-11(29)3-2-10(9)5-12(21)19(31)26-14-13(6-28)32-20(16(14)30)27-8-25-15-17(22)23-7-24-18(15)27/h2-4,7-8,12-14,16,20,28-30H,5-6,21H2,1H3,(H,26,31)(H2,22,23,24)/t12-,13+,14?,16?,20+/m0/s1. The normalized spacial score (nSPS) is 24.0. The van der Waals surface area contributed by atoms with E-state index in [1.807, 2.05) is 6.92 Å². The van der Waals surface area contributed by atoms with E-state index in [0.717, 1.165) is 11.1 Å². The SMILES string of the molecule is Cc1cc(O)ccc1C[C@H](N)C(=O)NC1C(O)[C@H](n2cnc3c(N)ncnc32)O[C@@H]1CO. The number of benzene rings is 1. The molecule has 1 aliphatic heterocycles. The molecule has 12 nitrogen and oxygen atoms in total. The average molecular weight is 443 g/mol. The number of anilines is 1. The minimum absolute atomic E-state index is 0.131. The number of aromatic nitrogens is 4. The third-order valence-corrected chi connectivity index (χ3v) is 5.63. The summed E-state index contributed by atoms with van der Waals surface area (Å²) in [5, 5.41) is 32.9. The van der Waals surface area contributed by atoms with Crippen LogP contribution in [0.4, 0.5) is 5.82 Å². The molecule has 2 unspecified atom stereocenters. The van der Waals surface area contributed by atoms with Crippen molar-refractivity contribution < 1.29 is 24.9 Å². The Labute approximate surface area is 182 Å². The Morgan fingerprint density at radius 3 is 2.84 bits per heavy atom. The number of nitrogen functional groups attached to an aromatic ring is 1. The molecule has 8 N–H and O–H groups in total. The van der Waals surface area contributed by atoms with Crippen LogP contribution < -0.4 is 16.8 Å². The van der Waals surface area contributed by atoms with Crippen LogP contribution in [-0.4, -0.2) is 71.6 Å². The second kappa shape index (κ2) is 8.67. The van der Waals surface area contributed by atoms with Crippen molar-refractivity contribution in [1.29, 1.82) is 0 Å². The average Bonchev–Trinajstić information content (AvgIpc) is 3.32. The van der Waals surface area contributed by atoms with E-state index in [4.69, 9.17) is 16.2 Å². The van der Waals surface area contributed by atoms with E-state index in [9.17, 15) is 20.1 Å². The number of phenolic OH excluding ortho intramolecular Hbond substituents is 1. The van der Waals surface area contributed by atoms with Gasteiger partial charge in [0.15, 0.2) is 17.7 Å². The van der Waals surface area contributed by atoms with Crippen molar-refractivity contribution in [3.8, 4) is 5.75 Å². The Hall–Kier alpha value is -3.32. The summed E-state index contributed by atoms with van der Waals surface area (Å²) in [5.74, 6) is -0.196. The number of hydrogen-bond acceptors (Lipinski definition) is 10. The third-order valence-electron chi connectivity index (χ3n) is 5.63. The molecule has 1 fully saturated rings. The molecule has 4 rings (SSSR count). The molecule has 1 amide bonds. The van der Waals surface area contributed by atoms with Crippen LogP contribution in [0.5, 0.6) is 5.75 Å². The number of carbonyl (C=O) groups is 1. The van der Waals surface area contributed by atoms with E-state index in [2.05, 4.69) is 20.3 Å². The molecule has 1 aromatic carbocycles. The summed E-state index contributed by atoms with van der Waals surface area (Å²) in [5.41, 5.74) is 14.2. The topological polar surface area (TPSA) is 195 Å². The highest BCUT2D eigenvalue weighted by atomic mass is 16.5. The van der Waals surface area contributed by atoms with E-state index in [0.29, 0.717) is 11.2 Å². The number of nitrogens with two attached hydrogens (primary N) is 2. The molecular formula is C20H25N7O5. The van der Waals surface area contributed by atoms with Gasteiger partial charge < -0.3 is 36.8 Å². The molecule has 0 saturated carbocycles. The molecule has 0 radical (unpaired) electrons. The van der Waals surface area contributed by atoms with Crippen LogP contribution >= 0.6 is 0 Å². The lowest BCUT2D eigenvalue weighted by Gasteiger charge is -2.23. The number of nitrogens with zero attached hydrogens (tertiary/aromatic N) is 4. The molecule has 0 bridgehead atoms. The highest BCUT2D eigenvalue weighted by Crippen LogP contribution is 2.32. The zero-order valence-corrected chi connectivity index (χ0v) is 17.3. The highest BCUT2D eigenvalue weighted by molar-refractivity contribution is 5.82. The first-order chi connectivity index (χ1) is 15.3. The molecule has 3 heterocycles. The van der Waals surface area contributed by atoms with Crippen LogP contribution in [0, 0.1) is 6.92 Å². The molecule has 0 spiro atoms. The number of aliphatic hydroxyl groups excluding tert-OH is 2. The molecular weight excluding hydrogens is 418 g/mol. The van der Waals surface area contributed by atoms with E-state index in [1.54, 1.807) is 12.1 Å². The van der Waals surface area contributed by atoms with Gasteiger partial charge in [-0.25, -0.2) is 15.0 Å². The van der Waals surface area contributed by atoms with Crippen LogP contribution in [0.2, 0.25) is 0 Å². The Bertz CT molecular complexity index is 1140. The number of nitrogens with one attached hydrogen (secondary N) is 1. The van der Waals surface area contributed by atoms with Gasteiger partial charge in [0.2, 0.25) is 5.91 Å². The van der Waals surface area contributed by atoms with Gasteiger partial charge in [0, 0.05) is 0 Å². The number of fused-ring (bicyclic) bond motifs is 1. The monoisotopic (exact) mass is 443 g/mol. The molecule has 170 valence electrons. The van der Waals surface area contributed by atoms with Crippen LogP contribution in [-0.2, 0) is 16.0 Å². The Morgan fingerprint density at radius 1 is 1.34 bits per heavy atom. The molecule has 0 aliphatic carbocycles. The van der Waals surface area contributed by atoms with Gasteiger partial charge in [-0.15, -0.1) is 0 Å². The van der Waals surface area contributed by atoms with Gasteiger partial charge in [-0.2, -0.15) is 0 Å². The van der Waals surface area contributed by atoms with Gasteiger partial charge >= 0.3 is 0 Å².